The van der Waals surface area contributed by atoms with Crippen molar-refractivity contribution in [3.05, 3.63) is 58.7 Å². The Labute approximate surface area is 190 Å². The molecular formula is C26H31NO5. The number of ether oxygens (including phenoxy) is 4. The van der Waals surface area contributed by atoms with Crippen LogP contribution in [0.25, 0.3) is 12.2 Å². The molecule has 1 heterocycles. The molecule has 0 atom stereocenters. The monoisotopic (exact) mass is 437 g/mol. The second-order valence-corrected chi connectivity index (χ2v) is 7.59. The van der Waals surface area contributed by atoms with Gasteiger partial charge in [-0.1, -0.05) is 6.92 Å². The Kier molecular flexibility index (Phi) is 7.95. The lowest BCUT2D eigenvalue weighted by molar-refractivity contribution is -0.113. The van der Waals surface area contributed by atoms with Crippen LogP contribution >= 0.6 is 0 Å². The zero-order valence-corrected chi connectivity index (χ0v) is 19.4. The fourth-order valence-electron chi connectivity index (χ4n) is 3.84. The molecule has 170 valence electrons. The van der Waals surface area contributed by atoms with Crippen molar-refractivity contribution in [2.24, 2.45) is 0 Å². The van der Waals surface area contributed by atoms with Gasteiger partial charge in [-0.25, -0.2) is 0 Å². The summed E-state index contributed by atoms with van der Waals surface area (Å²) in [6, 6.07) is 11.2. The molecular weight excluding hydrogens is 406 g/mol. The van der Waals surface area contributed by atoms with E-state index in [4.69, 9.17) is 18.9 Å². The van der Waals surface area contributed by atoms with Gasteiger partial charge in [-0.3, -0.25) is 9.69 Å². The van der Waals surface area contributed by atoms with Crippen LogP contribution < -0.4 is 18.9 Å². The summed E-state index contributed by atoms with van der Waals surface area (Å²) in [5.41, 5.74) is 3.14. The first-order valence-electron chi connectivity index (χ1n) is 10.6. The van der Waals surface area contributed by atoms with Crippen LogP contribution in [0.1, 0.15) is 24.5 Å². The highest BCUT2D eigenvalue weighted by molar-refractivity contribution is 6.14. The van der Waals surface area contributed by atoms with Gasteiger partial charge in [0.15, 0.2) is 5.78 Å². The minimum Gasteiger partial charge on any atom is -0.497 e. The summed E-state index contributed by atoms with van der Waals surface area (Å²) in [4.78, 5) is 15.7. The summed E-state index contributed by atoms with van der Waals surface area (Å²) in [7, 11) is 6.46. The van der Waals surface area contributed by atoms with Crippen molar-refractivity contribution in [3.8, 4) is 23.0 Å². The molecule has 0 saturated carbocycles. The highest BCUT2D eigenvalue weighted by Gasteiger charge is 2.26. The molecule has 1 aliphatic heterocycles. The van der Waals surface area contributed by atoms with Crippen molar-refractivity contribution >= 4 is 17.9 Å². The van der Waals surface area contributed by atoms with Gasteiger partial charge in [0.1, 0.15) is 23.0 Å². The maximum absolute atomic E-state index is 13.4. The fourth-order valence-corrected chi connectivity index (χ4v) is 3.84. The molecule has 2 aromatic rings. The SMILES string of the molecule is CCCN1C/C(=C/c2ccc(OC)cc2OC)C(=O)/C(=C/c2ccc(OC)cc2OC)C1. The first kappa shape index (κ1) is 23.4. The van der Waals surface area contributed by atoms with Gasteiger partial charge < -0.3 is 18.9 Å². The normalized spacial score (nSPS) is 17.0. The number of hydrogen-bond acceptors (Lipinski definition) is 6. The van der Waals surface area contributed by atoms with E-state index in [-0.39, 0.29) is 5.78 Å². The van der Waals surface area contributed by atoms with Crippen LogP contribution in [0, 0.1) is 0 Å². The van der Waals surface area contributed by atoms with Gasteiger partial charge in [0.25, 0.3) is 0 Å². The van der Waals surface area contributed by atoms with Crippen molar-refractivity contribution in [1.82, 2.24) is 4.90 Å². The Morgan fingerprint density at radius 2 is 1.25 bits per heavy atom. The Morgan fingerprint density at radius 1 is 0.781 bits per heavy atom. The standard InChI is InChI=1S/C26H31NO5/c1-6-11-27-16-20(12-18-7-9-22(29-2)14-24(18)31-4)26(28)21(17-27)13-19-8-10-23(30-3)15-25(19)32-5/h7-10,12-15H,6,11,16-17H2,1-5H3/b20-12-,21-13+. The van der Waals surface area contributed by atoms with Gasteiger partial charge in [-0.2, -0.15) is 0 Å². The van der Waals surface area contributed by atoms with E-state index in [9.17, 15) is 4.79 Å². The summed E-state index contributed by atoms with van der Waals surface area (Å²) in [5.74, 6) is 2.78. The highest BCUT2D eigenvalue weighted by atomic mass is 16.5. The van der Waals surface area contributed by atoms with E-state index >= 15 is 0 Å². The lowest BCUT2D eigenvalue weighted by atomic mass is 9.93. The Bertz CT molecular complexity index is 947. The van der Waals surface area contributed by atoms with Crippen LogP contribution in [0.15, 0.2) is 47.5 Å². The number of carbonyl (C=O) groups is 1. The third kappa shape index (κ3) is 5.32. The van der Waals surface area contributed by atoms with E-state index in [1.165, 1.54) is 0 Å². The smallest absolute Gasteiger partial charge is 0.187 e. The lowest BCUT2D eigenvalue weighted by Gasteiger charge is -2.29. The van der Waals surface area contributed by atoms with E-state index in [0.717, 1.165) is 35.2 Å². The number of carbonyl (C=O) groups excluding carboxylic acids is 1. The molecule has 32 heavy (non-hydrogen) atoms. The summed E-state index contributed by atoms with van der Waals surface area (Å²) < 4.78 is 21.6. The summed E-state index contributed by atoms with van der Waals surface area (Å²) in [6.07, 6.45) is 4.84. The molecule has 0 bridgehead atoms. The van der Waals surface area contributed by atoms with Crippen molar-refractivity contribution in [3.63, 3.8) is 0 Å². The average molecular weight is 438 g/mol. The van der Waals surface area contributed by atoms with E-state index in [0.29, 0.717) is 36.1 Å². The largest absolute Gasteiger partial charge is 0.497 e. The van der Waals surface area contributed by atoms with Crippen LogP contribution in [0.3, 0.4) is 0 Å². The van der Waals surface area contributed by atoms with Crippen molar-refractivity contribution in [2.75, 3.05) is 48.1 Å². The van der Waals surface area contributed by atoms with E-state index in [1.54, 1.807) is 28.4 Å². The summed E-state index contributed by atoms with van der Waals surface area (Å²) >= 11 is 0. The number of rotatable bonds is 8. The number of Topliss-reactive ketones (excluding diaryl/α,β-unsaturated/α-hetero) is 1. The number of benzene rings is 2. The average Bonchev–Trinajstić information content (AvgIpc) is 2.82. The number of hydrogen-bond donors (Lipinski definition) is 0. The molecule has 0 N–H and O–H groups in total. The molecule has 0 spiro atoms. The molecule has 0 unspecified atom stereocenters. The number of ketones is 1. The molecule has 3 rings (SSSR count). The number of piperidine rings is 1. The van der Waals surface area contributed by atoms with Crippen LogP contribution in [0.5, 0.6) is 23.0 Å². The van der Waals surface area contributed by atoms with Gasteiger partial charge in [-0.05, 0) is 49.4 Å². The van der Waals surface area contributed by atoms with Crippen LogP contribution in [0.4, 0.5) is 0 Å². The highest BCUT2D eigenvalue weighted by Crippen LogP contribution is 2.31. The molecule has 6 nitrogen and oxygen atoms in total. The minimum atomic E-state index is 0.0353. The Balaban J connectivity index is 2.02. The zero-order valence-electron chi connectivity index (χ0n) is 19.4. The Hall–Kier alpha value is -3.25. The fraction of sp³-hybridized carbons (Fsp3) is 0.346. The third-order valence-corrected chi connectivity index (χ3v) is 5.45. The zero-order chi connectivity index (χ0) is 23.1. The third-order valence-electron chi connectivity index (χ3n) is 5.45. The second-order valence-electron chi connectivity index (χ2n) is 7.59. The summed E-state index contributed by atoms with van der Waals surface area (Å²) in [5, 5.41) is 0. The van der Waals surface area contributed by atoms with Gasteiger partial charge in [-0.15, -0.1) is 0 Å². The molecule has 2 aromatic carbocycles. The maximum Gasteiger partial charge on any atom is 0.187 e. The molecule has 0 amide bonds. The first-order chi connectivity index (χ1) is 15.5. The predicted octanol–water partition coefficient (Wildman–Crippen LogP) is 4.48. The van der Waals surface area contributed by atoms with Crippen LogP contribution in [-0.2, 0) is 4.79 Å². The number of nitrogens with zero attached hydrogens (tertiary/aromatic N) is 1. The van der Waals surface area contributed by atoms with Crippen molar-refractivity contribution in [1.29, 1.82) is 0 Å². The van der Waals surface area contributed by atoms with Crippen molar-refractivity contribution in [2.45, 2.75) is 13.3 Å². The van der Waals surface area contributed by atoms with Gasteiger partial charge in [0, 0.05) is 47.5 Å². The molecule has 6 heteroatoms. The van der Waals surface area contributed by atoms with E-state index in [1.807, 2.05) is 48.6 Å². The van der Waals surface area contributed by atoms with E-state index in [2.05, 4.69) is 11.8 Å². The first-order valence-corrected chi connectivity index (χ1v) is 10.6. The van der Waals surface area contributed by atoms with Crippen LogP contribution in [-0.4, -0.2) is 58.8 Å². The quantitative estimate of drug-likeness (QED) is 0.568. The van der Waals surface area contributed by atoms with Crippen molar-refractivity contribution < 1.29 is 23.7 Å². The van der Waals surface area contributed by atoms with Gasteiger partial charge >= 0.3 is 0 Å². The molecule has 1 aliphatic rings. The topological polar surface area (TPSA) is 57.2 Å². The minimum absolute atomic E-state index is 0.0353. The lowest BCUT2D eigenvalue weighted by Crippen LogP contribution is -2.38. The second kappa shape index (κ2) is 10.9. The molecule has 1 saturated heterocycles. The molecule has 0 aromatic heterocycles. The molecule has 0 radical (unpaired) electrons. The number of likely N-dealkylation sites (tertiary alicyclic amines) is 1. The van der Waals surface area contributed by atoms with Crippen LogP contribution in [0.2, 0.25) is 0 Å². The molecule has 1 fully saturated rings. The summed E-state index contributed by atoms with van der Waals surface area (Å²) in [6.45, 7) is 4.24. The number of methoxy groups -OCH3 is 4. The Morgan fingerprint density at radius 3 is 1.62 bits per heavy atom. The van der Waals surface area contributed by atoms with Gasteiger partial charge in [0.05, 0.1) is 28.4 Å². The molecule has 0 aliphatic carbocycles. The maximum atomic E-state index is 13.4. The predicted molar refractivity (Wildman–Crippen MR) is 127 cm³/mol. The van der Waals surface area contributed by atoms with Gasteiger partial charge in [0.2, 0.25) is 0 Å². The van der Waals surface area contributed by atoms with E-state index < -0.39 is 0 Å².